The number of hydrogen-bond donors (Lipinski definition) is 0. The van der Waals surface area contributed by atoms with Crippen molar-refractivity contribution in [2.75, 3.05) is 11.5 Å². The number of carbonyl (C=O) groups excluding carboxylic acids is 2. The van der Waals surface area contributed by atoms with Gasteiger partial charge in [0.25, 0.3) is 11.1 Å². The maximum atomic E-state index is 12.8. The molecule has 7 heteroatoms. The third-order valence-electron chi connectivity index (χ3n) is 3.79. The number of nitrogens with zero attached hydrogens (tertiary/aromatic N) is 1. The second-order valence-corrected chi connectivity index (χ2v) is 7.68. The molecule has 5 nitrogen and oxygen atoms in total. The lowest BCUT2D eigenvalue weighted by Crippen LogP contribution is -2.27. The highest BCUT2D eigenvalue weighted by atomic mass is 35.5. The molecule has 2 aromatic carbocycles. The Bertz CT molecular complexity index is 928. The molecule has 0 unspecified atom stereocenters. The van der Waals surface area contributed by atoms with Gasteiger partial charge in [-0.25, -0.2) is 4.90 Å². The minimum atomic E-state index is -0.363. The third kappa shape index (κ3) is 4.34. The fraction of sp³-hybridized carbons (Fsp3) is 0.238. The van der Waals surface area contributed by atoms with Gasteiger partial charge in [-0.1, -0.05) is 29.8 Å². The number of para-hydroxylation sites is 1. The van der Waals surface area contributed by atoms with E-state index in [4.69, 9.17) is 21.1 Å². The number of halogens is 1. The van der Waals surface area contributed by atoms with E-state index in [1.54, 1.807) is 42.5 Å². The number of carbonyl (C=O) groups is 2. The molecule has 0 aromatic heterocycles. The Hall–Kier alpha value is -2.44. The van der Waals surface area contributed by atoms with Gasteiger partial charge in [0.15, 0.2) is 11.5 Å². The summed E-state index contributed by atoms with van der Waals surface area (Å²) >= 11 is 7.28. The first-order valence-electron chi connectivity index (χ1n) is 8.86. The van der Waals surface area contributed by atoms with E-state index in [1.165, 1.54) is 0 Å². The summed E-state index contributed by atoms with van der Waals surface area (Å²) in [5.41, 5.74) is 1.20. The molecule has 1 fully saturated rings. The van der Waals surface area contributed by atoms with Gasteiger partial charge in [-0.15, -0.1) is 0 Å². The maximum Gasteiger partial charge on any atom is 0.298 e. The van der Waals surface area contributed by atoms with E-state index in [0.717, 1.165) is 16.7 Å². The van der Waals surface area contributed by atoms with Gasteiger partial charge < -0.3 is 9.47 Å². The second kappa shape index (κ2) is 8.71. The highest BCUT2D eigenvalue weighted by Gasteiger charge is 2.36. The fourth-order valence-electron chi connectivity index (χ4n) is 2.70. The van der Waals surface area contributed by atoms with Crippen molar-refractivity contribution >= 4 is 46.3 Å². The van der Waals surface area contributed by atoms with Crippen LogP contribution < -0.4 is 14.4 Å². The van der Waals surface area contributed by atoms with Gasteiger partial charge in [-0.05, 0) is 68.4 Å². The molecule has 3 rings (SSSR count). The highest BCUT2D eigenvalue weighted by Crippen LogP contribution is 2.40. The Labute approximate surface area is 173 Å². The van der Waals surface area contributed by atoms with Crippen molar-refractivity contribution in [3.05, 3.63) is 58.0 Å². The summed E-state index contributed by atoms with van der Waals surface area (Å²) in [6, 6.07) is 12.3. The van der Waals surface area contributed by atoms with E-state index in [9.17, 15) is 9.59 Å². The van der Waals surface area contributed by atoms with Crippen LogP contribution in [0.25, 0.3) is 6.08 Å². The molecular formula is C21H20ClNO4S. The van der Waals surface area contributed by atoms with Gasteiger partial charge in [0.05, 0.1) is 28.3 Å². The summed E-state index contributed by atoms with van der Waals surface area (Å²) in [6.45, 7) is 6.11. The molecule has 146 valence electrons. The average molecular weight is 418 g/mol. The molecule has 0 atom stereocenters. The monoisotopic (exact) mass is 417 g/mol. The van der Waals surface area contributed by atoms with Gasteiger partial charge >= 0.3 is 0 Å². The molecule has 1 aliphatic heterocycles. The molecule has 0 aliphatic carbocycles. The van der Waals surface area contributed by atoms with Crippen LogP contribution in [0.15, 0.2) is 47.4 Å². The number of hydrogen-bond acceptors (Lipinski definition) is 5. The SMILES string of the molecule is CCOc1cc(/C=C2/SC(=O)N(c3ccccc3)C2=O)cc(Cl)c1OC(C)C. The number of benzene rings is 2. The van der Waals surface area contributed by atoms with E-state index < -0.39 is 0 Å². The Morgan fingerprint density at radius 2 is 1.89 bits per heavy atom. The van der Waals surface area contributed by atoms with Crippen LogP contribution in [0.1, 0.15) is 26.3 Å². The summed E-state index contributed by atoms with van der Waals surface area (Å²) in [7, 11) is 0. The van der Waals surface area contributed by atoms with Crippen LogP contribution in [0, 0.1) is 0 Å². The predicted octanol–water partition coefficient (Wildman–Crippen LogP) is 5.77. The first kappa shape index (κ1) is 20.3. The summed E-state index contributed by atoms with van der Waals surface area (Å²) in [6.07, 6.45) is 1.58. The molecular weight excluding hydrogens is 398 g/mol. The van der Waals surface area contributed by atoms with Crippen molar-refractivity contribution in [2.24, 2.45) is 0 Å². The zero-order valence-corrected chi connectivity index (χ0v) is 17.3. The normalized spacial score (nSPS) is 15.6. The van der Waals surface area contributed by atoms with Crippen molar-refractivity contribution in [2.45, 2.75) is 26.9 Å². The smallest absolute Gasteiger partial charge is 0.298 e. The van der Waals surface area contributed by atoms with Crippen LogP contribution in [0.3, 0.4) is 0 Å². The van der Waals surface area contributed by atoms with Crippen LogP contribution in [0.5, 0.6) is 11.5 Å². The van der Waals surface area contributed by atoms with Gasteiger partial charge in [0, 0.05) is 0 Å². The molecule has 1 aliphatic rings. The Morgan fingerprint density at radius 1 is 1.18 bits per heavy atom. The van der Waals surface area contributed by atoms with E-state index in [2.05, 4.69) is 0 Å². The molecule has 1 heterocycles. The molecule has 1 saturated heterocycles. The number of ether oxygens (including phenoxy) is 2. The van der Waals surface area contributed by atoms with Crippen molar-refractivity contribution in [1.82, 2.24) is 0 Å². The third-order valence-corrected chi connectivity index (χ3v) is 4.94. The Balaban J connectivity index is 1.95. The van der Waals surface area contributed by atoms with Crippen LogP contribution in [0.2, 0.25) is 5.02 Å². The number of thioether (sulfide) groups is 1. The summed E-state index contributed by atoms with van der Waals surface area (Å²) in [4.78, 5) is 26.6. The Kier molecular flexibility index (Phi) is 6.31. The molecule has 0 radical (unpaired) electrons. The topological polar surface area (TPSA) is 55.8 Å². The zero-order valence-electron chi connectivity index (χ0n) is 15.8. The van der Waals surface area contributed by atoms with E-state index >= 15 is 0 Å². The molecule has 0 spiro atoms. The van der Waals surface area contributed by atoms with Gasteiger partial charge in [0.2, 0.25) is 0 Å². The number of imide groups is 1. The number of anilines is 1. The van der Waals surface area contributed by atoms with Gasteiger partial charge in [-0.2, -0.15) is 0 Å². The van der Waals surface area contributed by atoms with Gasteiger partial charge in [-0.3, -0.25) is 9.59 Å². The predicted molar refractivity (Wildman–Crippen MR) is 113 cm³/mol. The number of amides is 2. The van der Waals surface area contributed by atoms with Crippen molar-refractivity contribution in [1.29, 1.82) is 0 Å². The van der Waals surface area contributed by atoms with Crippen LogP contribution in [-0.2, 0) is 4.79 Å². The lowest BCUT2D eigenvalue weighted by atomic mass is 10.1. The molecule has 2 amide bonds. The van der Waals surface area contributed by atoms with Crippen molar-refractivity contribution in [3.63, 3.8) is 0 Å². The van der Waals surface area contributed by atoms with Gasteiger partial charge in [0.1, 0.15) is 0 Å². The second-order valence-electron chi connectivity index (χ2n) is 6.28. The zero-order chi connectivity index (χ0) is 20.3. The first-order valence-corrected chi connectivity index (χ1v) is 10.1. The van der Waals surface area contributed by atoms with E-state index in [0.29, 0.717) is 39.3 Å². The minimum Gasteiger partial charge on any atom is -0.490 e. The standard InChI is InChI=1S/C21H20ClNO4S/c1-4-26-17-11-14(10-16(22)19(17)27-13(2)3)12-18-20(24)23(21(25)28-18)15-8-6-5-7-9-15/h5-13H,4H2,1-3H3/b18-12+. The van der Waals surface area contributed by atoms with Crippen molar-refractivity contribution in [3.8, 4) is 11.5 Å². The van der Waals surface area contributed by atoms with E-state index in [1.807, 2.05) is 26.8 Å². The van der Waals surface area contributed by atoms with Crippen molar-refractivity contribution < 1.29 is 19.1 Å². The number of rotatable bonds is 6. The fourth-order valence-corrected chi connectivity index (χ4v) is 3.81. The Morgan fingerprint density at radius 3 is 2.54 bits per heavy atom. The lowest BCUT2D eigenvalue weighted by Gasteiger charge is -2.16. The van der Waals surface area contributed by atoms with Crippen LogP contribution in [0.4, 0.5) is 10.5 Å². The van der Waals surface area contributed by atoms with Crippen LogP contribution in [-0.4, -0.2) is 23.9 Å². The summed E-state index contributed by atoms with van der Waals surface area (Å²) in [5, 5.41) is 0.0477. The molecule has 0 bridgehead atoms. The molecule has 0 N–H and O–H groups in total. The minimum absolute atomic E-state index is 0.0649. The largest absolute Gasteiger partial charge is 0.490 e. The van der Waals surface area contributed by atoms with Crippen LogP contribution >= 0.6 is 23.4 Å². The molecule has 28 heavy (non-hydrogen) atoms. The highest BCUT2D eigenvalue weighted by molar-refractivity contribution is 8.19. The maximum absolute atomic E-state index is 12.8. The quantitative estimate of drug-likeness (QED) is 0.558. The molecule has 2 aromatic rings. The summed E-state index contributed by atoms with van der Waals surface area (Å²) in [5.74, 6) is 0.600. The summed E-state index contributed by atoms with van der Waals surface area (Å²) < 4.78 is 11.4. The molecule has 0 saturated carbocycles. The van der Waals surface area contributed by atoms with E-state index in [-0.39, 0.29) is 17.3 Å². The lowest BCUT2D eigenvalue weighted by molar-refractivity contribution is -0.113. The first-order chi connectivity index (χ1) is 13.4. The average Bonchev–Trinajstić information content (AvgIpc) is 2.92.